The van der Waals surface area contributed by atoms with Gasteiger partial charge in [-0.3, -0.25) is 4.79 Å². The van der Waals surface area contributed by atoms with Gasteiger partial charge in [0.2, 0.25) is 5.91 Å². The number of anilines is 1. The van der Waals surface area contributed by atoms with E-state index < -0.39 is 0 Å². The Morgan fingerprint density at radius 3 is 2.72 bits per heavy atom. The summed E-state index contributed by atoms with van der Waals surface area (Å²) in [6.07, 6.45) is 5.02. The number of nitrogens with one attached hydrogen (secondary N) is 1. The molecule has 1 N–H and O–H groups in total. The fourth-order valence-corrected chi connectivity index (χ4v) is 3.43. The summed E-state index contributed by atoms with van der Waals surface area (Å²) in [5.74, 6) is 1.41. The van der Waals surface area contributed by atoms with E-state index in [1.807, 2.05) is 23.6 Å². The van der Waals surface area contributed by atoms with Crippen LogP contribution < -0.4 is 5.32 Å². The van der Waals surface area contributed by atoms with Crippen molar-refractivity contribution in [1.82, 2.24) is 24.7 Å². The molecule has 0 aliphatic heterocycles. The zero-order chi connectivity index (χ0) is 20.4. The van der Waals surface area contributed by atoms with Crippen LogP contribution in [0.3, 0.4) is 0 Å². The van der Waals surface area contributed by atoms with Gasteiger partial charge in [0, 0.05) is 29.3 Å². The Hall–Kier alpha value is -3.33. The molecule has 29 heavy (non-hydrogen) atoms. The van der Waals surface area contributed by atoms with Gasteiger partial charge in [-0.05, 0) is 18.2 Å². The summed E-state index contributed by atoms with van der Waals surface area (Å²) in [5.41, 5.74) is 1.32. The third kappa shape index (κ3) is 4.24. The average molecular weight is 408 g/mol. The Morgan fingerprint density at radius 1 is 1.24 bits per heavy atom. The predicted molar refractivity (Wildman–Crippen MR) is 110 cm³/mol. The van der Waals surface area contributed by atoms with Gasteiger partial charge in [0.05, 0.1) is 24.1 Å². The smallest absolute Gasteiger partial charge is 0.252 e. The lowest BCUT2D eigenvalue weighted by molar-refractivity contribution is -0.115. The molecule has 4 aromatic rings. The highest BCUT2D eigenvalue weighted by Gasteiger charge is 2.22. The summed E-state index contributed by atoms with van der Waals surface area (Å²) >= 11 is 1.44. The van der Waals surface area contributed by atoms with Crippen molar-refractivity contribution in [2.75, 3.05) is 5.32 Å². The van der Waals surface area contributed by atoms with Crippen LogP contribution >= 0.6 is 11.3 Å². The molecule has 4 rings (SSSR count). The van der Waals surface area contributed by atoms with E-state index >= 15 is 0 Å². The fraction of sp³-hybridized carbons (Fsp3) is 0.250. The first-order valence-electron chi connectivity index (χ1n) is 9.06. The molecule has 4 aromatic heterocycles. The van der Waals surface area contributed by atoms with Gasteiger partial charge in [-0.2, -0.15) is 9.78 Å². The quantitative estimate of drug-likeness (QED) is 0.538. The maximum Gasteiger partial charge on any atom is 0.252 e. The fourth-order valence-electron chi connectivity index (χ4n) is 2.64. The van der Waals surface area contributed by atoms with Gasteiger partial charge >= 0.3 is 0 Å². The zero-order valence-corrected chi connectivity index (χ0v) is 17.1. The van der Waals surface area contributed by atoms with Crippen molar-refractivity contribution in [3.63, 3.8) is 0 Å². The van der Waals surface area contributed by atoms with Crippen LogP contribution in [0.25, 0.3) is 16.7 Å². The molecule has 0 fully saturated rings. The molecule has 0 saturated carbocycles. The number of thiazole rings is 1. The van der Waals surface area contributed by atoms with E-state index in [4.69, 9.17) is 4.42 Å². The summed E-state index contributed by atoms with van der Waals surface area (Å²) in [6.45, 7) is 6.17. The summed E-state index contributed by atoms with van der Waals surface area (Å²) < 4.78 is 6.90. The molecule has 0 aromatic carbocycles. The van der Waals surface area contributed by atoms with Crippen LogP contribution in [0.2, 0.25) is 0 Å². The number of aromatic nitrogens is 5. The second-order valence-corrected chi connectivity index (χ2v) is 8.33. The first-order chi connectivity index (χ1) is 13.9. The summed E-state index contributed by atoms with van der Waals surface area (Å²) in [7, 11) is 0. The highest BCUT2D eigenvalue weighted by Crippen LogP contribution is 2.26. The van der Waals surface area contributed by atoms with Crippen molar-refractivity contribution in [2.24, 2.45) is 0 Å². The van der Waals surface area contributed by atoms with Crippen molar-refractivity contribution in [3.05, 3.63) is 59.7 Å². The second kappa shape index (κ2) is 7.59. The molecule has 8 nitrogen and oxygen atoms in total. The van der Waals surface area contributed by atoms with Crippen molar-refractivity contribution < 1.29 is 9.21 Å². The molecule has 148 valence electrons. The molecule has 0 aliphatic rings. The van der Waals surface area contributed by atoms with E-state index in [-0.39, 0.29) is 17.7 Å². The summed E-state index contributed by atoms with van der Waals surface area (Å²) in [5, 5.41) is 10.1. The molecule has 9 heteroatoms. The molecule has 0 aliphatic carbocycles. The SMILES string of the molecule is CC(C)(C)c1cc(NC(=O)Cc2csc(-c3ccco3)n2)n(-c2ncccn2)n1. The van der Waals surface area contributed by atoms with Crippen molar-refractivity contribution in [1.29, 1.82) is 0 Å². The van der Waals surface area contributed by atoms with Crippen molar-refractivity contribution >= 4 is 23.1 Å². The van der Waals surface area contributed by atoms with Gasteiger partial charge in [-0.25, -0.2) is 15.0 Å². The van der Waals surface area contributed by atoms with Crippen LogP contribution in [0.1, 0.15) is 32.2 Å². The highest BCUT2D eigenvalue weighted by molar-refractivity contribution is 7.13. The third-order valence-electron chi connectivity index (χ3n) is 4.11. The molecule has 0 spiro atoms. The van der Waals surface area contributed by atoms with E-state index in [0.717, 1.165) is 10.7 Å². The Balaban J connectivity index is 1.55. The van der Waals surface area contributed by atoms with Gasteiger partial charge in [0.15, 0.2) is 10.8 Å². The van der Waals surface area contributed by atoms with Crippen LogP contribution in [0.5, 0.6) is 0 Å². The first kappa shape index (κ1) is 19.0. The summed E-state index contributed by atoms with van der Waals surface area (Å²) in [6, 6.07) is 7.23. The van der Waals surface area contributed by atoms with Gasteiger partial charge in [0.25, 0.3) is 5.95 Å². The Morgan fingerprint density at radius 2 is 2.03 bits per heavy atom. The first-order valence-corrected chi connectivity index (χ1v) is 9.94. The number of carbonyl (C=O) groups excluding carboxylic acids is 1. The molecule has 0 unspecified atom stereocenters. The second-order valence-electron chi connectivity index (χ2n) is 7.47. The molecule has 1 amide bonds. The maximum atomic E-state index is 12.7. The van der Waals surface area contributed by atoms with E-state index in [1.165, 1.54) is 11.3 Å². The number of nitrogens with zero attached hydrogens (tertiary/aromatic N) is 5. The number of rotatable bonds is 5. The van der Waals surface area contributed by atoms with Crippen molar-refractivity contribution in [3.8, 4) is 16.7 Å². The number of amides is 1. The van der Waals surface area contributed by atoms with E-state index in [2.05, 4.69) is 46.1 Å². The predicted octanol–water partition coefficient (Wildman–Crippen LogP) is 3.86. The molecule has 0 radical (unpaired) electrons. The van der Waals surface area contributed by atoms with Crippen LogP contribution in [-0.4, -0.2) is 30.6 Å². The van der Waals surface area contributed by atoms with Gasteiger partial charge in [-0.15, -0.1) is 11.3 Å². The number of hydrogen-bond acceptors (Lipinski definition) is 7. The molecule has 0 saturated heterocycles. The number of carbonyl (C=O) groups is 1. The minimum Gasteiger partial charge on any atom is -0.462 e. The standard InChI is InChI=1S/C20H20N6O2S/c1-20(2,3)15-11-16(26(25-15)19-21-7-5-8-22-19)24-17(27)10-13-12-29-18(23-13)14-6-4-9-28-14/h4-9,11-12H,10H2,1-3H3,(H,24,27). The molecular formula is C20H20N6O2S. The molecule has 0 atom stereocenters. The molecular weight excluding hydrogens is 388 g/mol. The average Bonchev–Trinajstić information content (AvgIpc) is 3.42. The molecule has 0 bridgehead atoms. The lowest BCUT2D eigenvalue weighted by atomic mass is 9.92. The van der Waals surface area contributed by atoms with Crippen LogP contribution in [0.15, 0.2) is 52.7 Å². The monoisotopic (exact) mass is 408 g/mol. The van der Waals surface area contributed by atoms with Gasteiger partial charge in [-0.1, -0.05) is 20.8 Å². The Bertz CT molecular complexity index is 1110. The van der Waals surface area contributed by atoms with Crippen LogP contribution in [0.4, 0.5) is 5.82 Å². The zero-order valence-electron chi connectivity index (χ0n) is 16.3. The van der Waals surface area contributed by atoms with Crippen LogP contribution in [-0.2, 0) is 16.6 Å². The number of furan rings is 1. The van der Waals surface area contributed by atoms with Gasteiger partial charge in [0.1, 0.15) is 5.82 Å². The lowest BCUT2D eigenvalue weighted by Crippen LogP contribution is -2.18. The van der Waals surface area contributed by atoms with Crippen LogP contribution in [0, 0.1) is 0 Å². The largest absolute Gasteiger partial charge is 0.462 e. The number of hydrogen-bond donors (Lipinski definition) is 1. The normalized spacial score (nSPS) is 11.6. The minimum atomic E-state index is -0.196. The Labute approximate surface area is 171 Å². The lowest BCUT2D eigenvalue weighted by Gasteiger charge is -2.13. The summed E-state index contributed by atoms with van der Waals surface area (Å²) in [4.78, 5) is 25.6. The van der Waals surface area contributed by atoms with Gasteiger partial charge < -0.3 is 9.73 Å². The highest BCUT2D eigenvalue weighted by atomic mass is 32.1. The Kier molecular flexibility index (Phi) is 4.98. The minimum absolute atomic E-state index is 0.142. The van der Waals surface area contributed by atoms with E-state index in [9.17, 15) is 4.79 Å². The third-order valence-corrected chi connectivity index (χ3v) is 5.02. The maximum absolute atomic E-state index is 12.7. The van der Waals surface area contributed by atoms with E-state index in [1.54, 1.807) is 29.4 Å². The van der Waals surface area contributed by atoms with Crippen molar-refractivity contribution in [2.45, 2.75) is 32.6 Å². The topological polar surface area (TPSA) is 98.7 Å². The molecule has 4 heterocycles. The van der Waals surface area contributed by atoms with E-state index in [0.29, 0.717) is 23.2 Å².